The van der Waals surface area contributed by atoms with Crippen molar-refractivity contribution in [2.45, 2.75) is 6.04 Å². The van der Waals surface area contributed by atoms with Gasteiger partial charge in [-0.2, -0.15) is 0 Å². The van der Waals surface area contributed by atoms with E-state index in [0.29, 0.717) is 11.4 Å². The van der Waals surface area contributed by atoms with E-state index in [9.17, 15) is 9.59 Å². The Kier molecular flexibility index (Phi) is 3.31. The Morgan fingerprint density at radius 1 is 1.00 bits per heavy atom. The maximum atomic E-state index is 12.5. The van der Waals surface area contributed by atoms with Crippen LogP contribution >= 0.6 is 0 Å². The molecule has 1 fully saturated rings. The number of nitrogens with zero attached hydrogens (tertiary/aromatic N) is 1. The molecule has 0 bridgehead atoms. The second kappa shape index (κ2) is 5.28. The topological polar surface area (TPSA) is 58.6 Å². The first-order valence-electron chi connectivity index (χ1n) is 6.54. The predicted molar refractivity (Wildman–Crippen MR) is 78.2 cm³/mol. The number of ether oxygens (including phenoxy) is 1. The number of methoxy groups -OCH3 is 1. The van der Waals surface area contributed by atoms with E-state index in [4.69, 9.17) is 4.74 Å². The number of amides is 3. The van der Waals surface area contributed by atoms with Crippen LogP contribution in [0.25, 0.3) is 0 Å². The number of carbonyl (C=O) groups excluding carboxylic acids is 2. The molecule has 106 valence electrons. The van der Waals surface area contributed by atoms with Crippen molar-refractivity contribution in [2.75, 3.05) is 12.0 Å². The summed E-state index contributed by atoms with van der Waals surface area (Å²) in [4.78, 5) is 25.7. The summed E-state index contributed by atoms with van der Waals surface area (Å²) in [6.45, 7) is 0. The second-order valence-electron chi connectivity index (χ2n) is 4.66. The number of urea groups is 1. The van der Waals surface area contributed by atoms with Gasteiger partial charge in [0.15, 0.2) is 0 Å². The highest BCUT2D eigenvalue weighted by molar-refractivity contribution is 6.21. The molecule has 2 aromatic rings. The van der Waals surface area contributed by atoms with Crippen LogP contribution in [0.4, 0.5) is 10.5 Å². The molecular weight excluding hydrogens is 268 g/mol. The second-order valence-corrected chi connectivity index (χ2v) is 4.66. The number of benzene rings is 2. The average molecular weight is 282 g/mol. The van der Waals surface area contributed by atoms with Crippen molar-refractivity contribution in [1.29, 1.82) is 0 Å². The number of imide groups is 1. The molecule has 1 atom stereocenters. The zero-order chi connectivity index (χ0) is 14.8. The highest BCUT2D eigenvalue weighted by Crippen LogP contribution is 2.28. The zero-order valence-corrected chi connectivity index (χ0v) is 11.4. The smallest absolute Gasteiger partial charge is 0.329 e. The van der Waals surface area contributed by atoms with Crippen molar-refractivity contribution in [2.24, 2.45) is 0 Å². The van der Waals surface area contributed by atoms with E-state index in [1.807, 2.05) is 30.3 Å². The minimum Gasteiger partial charge on any atom is -0.497 e. The van der Waals surface area contributed by atoms with Gasteiger partial charge in [0.05, 0.1) is 12.8 Å². The Bertz CT molecular complexity index is 668. The van der Waals surface area contributed by atoms with E-state index in [2.05, 4.69) is 5.32 Å². The molecule has 21 heavy (non-hydrogen) atoms. The summed E-state index contributed by atoms with van der Waals surface area (Å²) >= 11 is 0. The normalized spacial score (nSPS) is 17.8. The number of hydrogen-bond donors (Lipinski definition) is 1. The Morgan fingerprint density at radius 2 is 1.67 bits per heavy atom. The van der Waals surface area contributed by atoms with E-state index in [1.54, 1.807) is 31.4 Å². The number of carbonyl (C=O) groups is 2. The molecule has 0 aromatic heterocycles. The number of nitrogens with one attached hydrogen (secondary N) is 1. The lowest BCUT2D eigenvalue weighted by Gasteiger charge is -2.13. The van der Waals surface area contributed by atoms with Gasteiger partial charge in [0.25, 0.3) is 5.91 Å². The molecule has 5 heteroatoms. The molecule has 3 rings (SSSR count). The molecule has 0 saturated carbocycles. The fourth-order valence-electron chi connectivity index (χ4n) is 2.33. The lowest BCUT2D eigenvalue weighted by molar-refractivity contribution is -0.118. The minimum atomic E-state index is -0.638. The standard InChI is InChI=1S/C16H14N2O3/c1-21-13-9-7-12(8-10-13)18-15(19)14(17-16(18)20)11-5-3-2-4-6-11/h2-10,14H,1H3,(H,17,20). The lowest BCUT2D eigenvalue weighted by Crippen LogP contribution is -2.30. The molecule has 1 aliphatic heterocycles. The van der Waals surface area contributed by atoms with Gasteiger partial charge >= 0.3 is 6.03 Å². The molecule has 3 amide bonds. The van der Waals surface area contributed by atoms with Crippen molar-refractivity contribution >= 4 is 17.6 Å². The number of anilines is 1. The summed E-state index contributed by atoms with van der Waals surface area (Å²) in [5.41, 5.74) is 1.29. The van der Waals surface area contributed by atoms with Crippen LogP contribution in [0.1, 0.15) is 11.6 Å². The third kappa shape index (κ3) is 2.33. The quantitative estimate of drug-likeness (QED) is 0.880. The Labute approximate surface area is 122 Å². The van der Waals surface area contributed by atoms with Gasteiger partial charge in [0, 0.05) is 0 Å². The van der Waals surface area contributed by atoms with Crippen LogP contribution in [0.15, 0.2) is 54.6 Å². The predicted octanol–water partition coefficient (Wildman–Crippen LogP) is 2.49. The molecule has 2 aromatic carbocycles. The highest BCUT2D eigenvalue weighted by Gasteiger charge is 2.39. The van der Waals surface area contributed by atoms with Crippen LogP contribution in [0, 0.1) is 0 Å². The summed E-state index contributed by atoms with van der Waals surface area (Å²) in [7, 11) is 1.56. The summed E-state index contributed by atoms with van der Waals surface area (Å²) in [6, 6.07) is 14.9. The molecule has 0 aliphatic carbocycles. The van der Waals surface area contributed by atoms with Crippen LogP contribution in [-0.4, -0.2) is 19.0 Å². The SMILES string of the molecule is COc1ccc(N2C(=O)NC(c3ccccc3)C2=O)cc1. The molecule has 1 N–H and O–H groups in total. The van der Waals surface area contributed by atoms with Crippen LogP contribution in [0.5, 0.6) is 5.75 Å². The molecule has 1 unspecified atom stereocenters. The average Bonchev–Trinajstić information content (AvgIpc) is 2.83. The maximum absolute atomic E-state index is 12.5. The largest absolute Gasteiger partial charge is 0.497 e. The molecule has 1 aliphatic rings. The molecule has 0 radical (unpaired) electrons. The van der Waals surface area contributed by atoms with Crippen molar-refractivity contribution < 1.29 is 14.3 Å². The van der Waals surface area contributed by atoms with Crippen molar-refractivity contribution in [3.05, 3.63) is 60.2 Å². The van der Waals surface area contributed by atoms with E-state index < -0.39 is 12.1 Å². The molecule has 1 heterocycles. The first-order valence-corrected chi connectivity index (χ1v) is 6.54. The Morgan fingerprint density at radius 3 is 2.29 bits per heavy atom. The molecule has 1 saturated heterocycles. The Balaban J connectivity index is 1.90. The van der Waals surface area contributed by atoms with Crippen molar-refractivity contribution in [1.82, 2.24) is 5.32 Å². The summed E-state index contributed by atoms with van der Waals surface area (Å²) in [5, 5.41) is 2.70. The molecule has 5 nitrogen and oxygen atoms in total. The minimum absolute atomic E-state index is 0.281. The van der Waals surface area contributed by atoms with E-state index in [-0.39, 0.29) is 5.91 Å². The van der Waals surface area contributed by atoms with Gasteiger partial charge in [-0.3, -0.25) is 4.79 Å². The van der Waals surface area contributed by atoms with E-state index in [1.165, 1.54) is 0 Å². The van der Waals surface area contributed by atoms with Crippen LogP contribution in [-0.2, 0) is 4.79 Å². The molecular formula is C16H14N2O3. The van der Waals surface area contributed by atoms with E-state index >= 15 is 0 Å². The monoisotopic (exact) mass is 282 g/mol. The van der Waals surface area contributed by atoms with Gasteiger partial charge < -0.3 is 10.1 Å². The third-order valence-electron chi connectivity index (χ3n) is 3.40. The zero-order valence-electron chi connectivity index (χ0n) is 11.4. The van der Waals surface area contributed by atoms with Gasteiger partial charge in [-0.1, -0.05) is 30.3 Å². The summed E-state index contributed by atoms with van der Waals surface area (Å²) in [5.74, 6) is 0.391. The van der Waals surface area contributed by atoms with Gasteiger partial charge in [-0.05, 0) is 29.8 Å². The fourth-order valence-corrected chi connectivity index (χ4v) is 2.33. The number of rotatable bonds is 3. The van der Waals surface area contributed by atoms with E-state index in [0.717, 1.165) is 10.5 Å². The summed E-state index contributed by atoms with van der Waals surface area (Å²) in [6.07, 6.45) is 0. The van der Waals surface area contributed by atoms with Crippen LogP contribution < -0.4 is 15.0 Å². The lowest BCUT2D eigenvalue weighted by atomic mass is 10.1. The number of hydrogen-bond acceptors (Lipinski definition) is 3. The molecule has 0 spiro atoms. The van der Waals surface area contributed by atoms with Crippen LogP contribution in [0.2, 0.25) is 0 Å². The first-order chi connectivity index (χ1) is 10.2. The van der Waals surface area contributed by atoms with Crippen LogP contribution in [0.3, 0.4) is 0 Å². The first kappa shape index (κ1) is 13.2. The van der Waals surface area contributed by atoms with Crippen molar-refractivity contribution in [3.63, 3.8) is 0 Å². The van der Waals surface area contributed by atoms with Gasteiger partial charge in [0.2, 0.25) is 0 Å². The highest BCUT2D eigenvalue weighted by atomic mass is 16.5. The Hall–Kier alpha value is -2.82. The summed E-state index contributed by atoms with van der Waals surface area (Å²) < 4.78 is 5.07. The van der Waals surface area contributed by atoms with Gasteiger partial charge in [-0.25, -0.2) is 9.69 Å². The van der Waals surface area contributed by atoms with Crippen molar-refractivity contribution in [3.8, 4) is 5.75 Å². The van der Waals surface area contributed by atoms with Gasteiger partial charge in [-0.15, -0.1) is 0 Å². The van der Waals surface area contributed by atoms with Gasteiger partial charge in [0.1, 0.15) is 11.8 Å². The fraction of sp³-hybridized carbons (Fsp3) is 0.125. The maximum Gasteiger partial charge on any atom is 0.329 e. The third-order valence-corrected chi connectivity index (χ3v) is 3.40.